The molecular formula is C21H21FN2O4. The van der Waals surface area contributed by atoms with E-state index in [-0.39, 0.29) is 24.2 Å². The van der Waals surface area contributed by atoms with Crippen LogP contribution in [0, 0.1) is 5.82 Å². The summed E-state index contributed by atoms with van der Waals surface area (Å²) in [6, 6.07) is 11.2. The molecule has 0 bridgehead atoms. The lowest BCUT2D eigenvalue weighted by Crippen LogP contribution is -2.44. The largest absolute Gasteiger partial charge is 0.479 e. The summed E-state index contributed by atoms with van der Waals surface area (Å²) in [7, 11) is 0. The lowest BCUT2D eigenvalue weighted by atomic mass is 10.1. The predicted molar refractivity (Wildman–Crippen MR) is 102 cm³/mol. The van der Waals surface area contributed by atoms with Gasteiger partial charge in [0, 0.05) is 12.3 Å². The average Bonchev–Trinajstić information content (AvgIpc) is 3.22. The van der Waals surface area contributed by atoms with E-state index in [9.17, 15) is 14.0 Å². The van der Waals surface area contributed by atoms with Crippen LogP contribution in [-0.4, -0.2) is 30.6 Å². The molecule has 0 radical (unpaired) electrons. The number of hydrogen-bond donors (Lipinski definition) is 1. The van der Waals surface area contributed by atoms with Gasteiger partial charge in [-0.15, -0.1) is 0 Å². The van der Waals surface area contributed by atoms with Gasteiger partial charge < -0.3 is 19.7 Å². The van der Waals surface area contributed by atoms with Gasteiger partial charge in [-0.25, -0.2) is 4.39 Å². The second-order valence-corrected chi connectivity index (χ2v) is 6.98. The number of anilines is 2. The summed E-state index contributed by atoms with van der Waals surface area (Å²) >= 11 is 0. The maximum atomic E-state index is 13.2. The lowest BCUT2D eigenvalue weighted by Gasteiger charge is -2.33. The molecule has 2 atom stereocenters. The Morgan fingerprint density at radius 3 is 2.75 bits per heavy atom. The number of fused-ring (bicyclic) bond motifs is 1. The van der Waals surface area contributed by atoms with Crippen molar-refractivity contribution < 1.29 is 23.5 Å². The number of amides is 2. The minimum absolute atomic E-state index is 0.195. The standard InChI is InChI=1S/C21H21FN2O4/c1-13-21(26)24(12-14-4-6-15(22)7-5-14)17-11-16(8-9-18(17)28-13)23-20(25)19-3-2-10-27-19/h4-9,11,13,19H,2-3,10,12H2,1H3,(H,23,25). The monoisotopic (exact) mass is 384 g/mol. The van der Waals surface area contributed by atoms with Crippen molar-refractivity contribution in [3.05, 3.63) is 53.8 Å². The number of halogens is 1. The van der Waals surface area contributed by atoms with E-state index in [1.807, 2.05) is 0 Å². The number of carbonyl (C=O) groups is 2. The molecule has 146 valence electrons. The molecule has 1 fully saturated rings. The Bertz CT molecular complexity index is 894. The van der Waals surface area contributed by atoms with Crippen LogP contribution in [0.25, 0.3) is 0 Å². The molecule has 1 N–H and O–H groups in total. The average molecular weight is 384 g/mol. The van der Waals surface area contributed by atoms with Crippen molar-refractivity contribution in [3.8, 4) is 5.75 Å². The number of carbonyl (C=O) groups excluding carboxylic acids is 2. The first kappa shape index (κ1) is 18.4. The summed E-state index contributed by atoms with van der Waals surface area (Å²) in [5.74, 6) is -0.160. The fraction of sp³-hybridized carbons (Fsp3) is 0.333. The van der Waals surface area contributed by atoms with Crippen molar-refractivity contribution in [1.82, 2.24) is 0 Å². The summed E-state index contributed by atoms with van der Waals surface area (Å²) in [6.45, 7) is 2.56. The minimum atomic E-state index is -0.625. The highest BCUT2D eigenvalue weighted by molar-refractivity contribution is 6.01. The van der Waals surface area contributed by atoms with Crippen molar-refractivity contribution >= 4 is 23.2 Å². The molecule has 4 rings (SSSR count). The van der Waals surface area contributed by atoms with Crippen LogP contribution in [0.2, 0.25) is 0 Å². The van der Waals surface area contributed by atoms with Gasteiger partial charge in [-0.2, -0.15) is 0 Å². The zero-order valence-electron chi connectivity index (χ0n) is 15.5. The number of hydrogen-bond acceptors (Lipinski definition) is 4. The van der Waals surface area contributed by atoms with Gasteiger partial charge in [0.25, 0.3) is 11.8 Å². The van der Waals surface area contributed by atoms with Crippen molar-refractivity contribution in [2.75, 3.05) is 16.8 Å². The molecule has 28 heavy (non-hydrogen) atoms. The molecule has 2 heterocycles. The van der Waals surface area contributed by atoms with Gasteiger partial charge in [0.05, 0.1) is 12.2 Å². The first-order valence-electron chi connectivity index (χ1n) is 9.30. The Morgan fingerprint density at radius 2 is 2.04 bits per heavy atom. The zero-order chi connectivity index (χ0) is 19.7. The molecule has 2 aromatic carbocycles. The summed E-state index contributed by atoms with van der Waals surface area (Å²) < 4.78 is 24.3. The number of nitrogens with zero attached hydrogens (tertiary/aromatic N) is 1. The van der Waals surface area contributed by atoms with Crippen LogP contribution in [-0.2, 0) is 20.9 Å². The fourth-order valence-electron chi connectivity index (χ4n) is 3.43. The highest BCUT2D eigenvalue weighted by atomic mass is 19.1. The van der Waals surface area contributed by atoms with Crippen LogP contribution in [0.4, 0.5) is 15.8 Å². The smallest absolute Gasteiger partial charge is 0.268 e. The van der Waals surface area contributed by atoms with Crippen LogP contribution >= 0.6 is 0 Å². The molecular weight excluding hydrogens is 363 g/mol. The van der Waals surface area contributed by atoms with Crippen molar-refractivity contribution in [3.63, 3.8) is 0 Å². The summed E-state index contributed by atoms with van der Waals surface area (Å²) in [4.78, 5) is 26.6. The molecule has 2 aromatic rings. The van der Waals surface area contributed by atoms with E-state index < -0.39 is 12.2 Å². The van der Waals surface area contributed by atoms with E-state index in [0.29, 0.717) is 30.2 Å². The molecule has 2 aliphatic rings. The van der Waals surface area contributed by atoms with Crippen LogP contribution in [0.15, 0.2) is 42.5 Å². The molecule has 0 spiro atoms. The molecule has 0 saturated carbocycles. The highest BCUT2D eigenvalue weighted by Gasteiger charge is 2.32. The summed E-state index contributed by atoms with van der Waals surface area (Å²) in [5.41, 5.74) is 1.93. The van der Waals surface area contributed by atoms with Gasteiger partial charge in [0.15, 0.2) is 6.10 Å². The van der Waals surface area contributed by atoms with E-state index in [0.717, 1.165) is 12.0 Å². The normalized spacial score (nSPS) is 21.2. The number of nitrogens with one attached hydrogen (secondary N) is 1. The highest BCUT2D eigenvalue weighted by Crippen LogP contribution is 2.37. The fourth-order valence-corrected chi connectivity index (χ4v) is 3.43. The lowest BCUT2D eigenvalue weighted by molar-refractivity contribution is -0.125. The molecule has 0 aromatic heterocycles. The number of rotatable bonds is 4. The van der Waals surface area contributed by atoms with Gasteiger partial charge in [0.2, 0.25) is 0 Å². The van der Waals surface area contributed by atoms with Crippen molar-refractivity contribution in [2.45, 2.75) is 38.5 Å². The molecule has 0 aliphatic carbocycles. The second-order valence-electron chi connectivity index (χ2n) is 6.98. The van der Waals surface area contributed by atoms with Crippen LogP contribution < -0.4 is 15.0 Å². The summed E-state index contributed by atoms with van der Waals surface area (Å²) in [5, 5.41) is 2.84. The van der Waals surface area contributed by atoms with Gasteiger partial charge in [-0.1, -0.05) is 12.1 Å². The third kappa shape index (κ3) is 3.71. The molecule has 2 aliphatic heterocycles. The minimum Gasteiger partial charge on any atom is -0.479 e. The Hall–Kier alpha value is -2.93. The van der Waals surface area contributed by atoms with Gasteiger partial charge >= 0.3 is 0 Å². The quantitative estimate of drug-likeness (QED) is 0.879. The van der Waals surface area contributed by atoms with Crippen molar-refractivity contribution in [1.29, 1.82) is 0 Å². The van der Waals surface area contributed by atoms with E-state index in [4.69, 9.17) is 9.47 Å². The van der Waals surface area contributed by atoms with E-state index in [2.05, 4.69) is 5.32 Å². The van der Waals surface area contributed by atoms with Crippen LogP contribution in [0.3, 0.4) is 0 Å². The van der Waals surface area contributed by atoms with E-state index >= 15 is 0 Å². The SMILES string of the molecule is CC1Oc2ccc(NC(=O)C3CCCO3)cc2N(Cc2ccc(F)cc2)C1=O. The maximum Gasteiger partial charge on any atom is 0.268 e. The Labute approximate surface area is 162 Å². The molecule has 6 nitrogen and oxygen atoms in total. The Kier molecular flexibility index (Phi) is 5.00. The molecule has 2 unspecified atom stereocenters. The van der Waals surface area contributed by atoms with Gasteiger partial charge in [-0.3, -0.25) is 9.59 Å². The van der Waals surface area contributed by atoms with Gasteiger partial charge in [0.1, 0.15) is 17.7 Å². The molecule has 7 heteroatoms. The van der Waals surface area contributed by atoms with Crippen LogP contribution in [0.1, 0.15) is 25.3 Å². The first-order chi connectivity index (χ1) is 13.5. The summed E-state index contributed by atoms with van der Waals surface area (Å²) in [6.07, 6.45) is 0.505. The Morgan fingerprint density at radius 1 is 1.25 bits per heavy atom. The third-order valence-corrected chi connectivity index (χ3v) is 4.91. The Balaban J connectivity index is 1.60. The van der Waals surface area contributed by atoms with E-state index in [1.165, 1.54) is 12.1 Å². The maximum absolute atomic E-state index is 13.2. The predicted octanol–water partition coefficient (Wildman–Crippen LogP) is 3.26. The van der Waals surface area contributed by atoms with Crippen molar-refractivity contribution in [2.24, 2.45) is 0 Å². The van der Waals surface area contributed by atoms with Gasteiger partial charge in [-0.05, 0) is 55.7 Å². The second kappa shape index (κ2) is 7.59. The number of benzene rings is 2. The molecule has 2 amide bonds. The molecule has 1 saturated heterocycles. The van der Waals surface area contributed by atoms with Crippen LogP contribution in [0.5, 0.6) is 5.75 Å². The number of ether oxygens (including phenoxy) is 2. The third-order valence-electron chi connectivity index (χ3n) is 4.91. The van der Waals surface area contributed by atoms with E-state index in [1.54, 1.807) is 42.2 Å². The zero-order valence-corrected chi connectivity index (χ0v) is 15.5. The topological polar surface area (TPSA) is 67.9 Å². The first-order valence-corrected chi connectivity index (χ1v) is 9.30.